The largest absolute Gasteiger partial charge is 0.481 e. The Bertz CT molecular complexity index is 1150. The van der Waals surface area contributed by atoms with E-state index in [0.717, 1.165) is 10.7 Å². The van der Waals surface area contributed by atoms with Gasteiger partial charge in [-0.3, -0.25) is 9.59 Å². The third-order valence-corrected chi connectivity index (χ3v) is 5.85. The summed E-state index contributed by atoms with van der Waals surface area (Å²) in [7, 11) is 0. The monoisotopic (exact) mass is 454 g/mol. The molecule has 0 fully saturated rings. The average molecular weight is 455 g/mol. The maximum atomic E-state index is 11.2. The number of carboxylic acid groups (broad SMARTS) is 1. The van der Waals surface area contributed by atoms with E-state index in [4.69, 9.17) is 10.8 Å². The Morgan fingerprint density at radius 1 is 1.26 bits per heavy atom. The van der Waals surface area contributed by atoms with Gasteiger partial charge in [-0.15, -0.1) is 11.3 Å². The molecule has 0 aliphatic rings. The second-order valence-corrected chi connectivity index (χ2v) is 8.29. The van der Waals surface area contributed by atoms with Gasteiger partial charge in [-0.05, 0) is 12.1 Å². The summed E-state index contributed by atoms with van der Waals surface area (Å²) in [6, 6.07) is 8.98. The third-order valence-electron chi connectivity index (χ3n) is 4.01. The fraction of sp³-hybridized carbons (Fsp3) is 0.200. The number of nitrogens with one attached hydrogen (secondary N) is 1. The number of hydrogen-bond acceptors (Lipinski definition) is 9. The number of rotatable bonds is 8. The highest BCUT2D eigenvalue weighted by Crippen LogP contribution is 2.30. The molecule has 1 amide bonds. The van der Waals surface area contributed by atoms with E-state index in [0.29, 0.717) is 34.3 Å². The number of carbonyl (C=O) groups excluding carboxylic acids is 1. The normalized spacial score (nSPS) is 10.5. The van der Waals surface area contributed by atoms with Crippen molar-refractivity contribution in [1.82, 2.24) is 15.0 Å². The van der Waals surface area contributed by atoms with Crippen LogP contribution in [-0.4, -0.2) is 31.9 Å². The Morgan fingerprint density at radius 3 is 2.65 bits per heavy atom. The Kier molecular flexibility index (Phi) is 7.17. The highest BCUT2D eigenvalue weighted by molar-refractivity contribution is 7.98. The second kappa shape index (κ2) is 10.0. The molecule has 0 bridgehead atoms. The van der Waals surface area contributed by atoms with Crippen LogP contribution in [-0.2, 0) is 21.8 Å². The van der Waals surface area contributed by atoms with Crippen molar-refractivity contribution in [3.63, 3.8) is 0 Å². The van der Waals surface area contributed by atoms with Gasteiger partial charge in [-0.25, -0.2) is 15.0 Å². The van der Waals surface area contributed by atoms with Crippen molar-refractivity contribution in [2.75, 3.05) is 11.1 Å². The summed E-state index contributed by atoms with van der Waals surface area (Å²) < 4.78 is 0. The lowest BCUT2D eigenvalue weighted by Crippen LogP contribution is -2.05. The van der Waals surface area contributed by atoms with E-state index in [1.165, 1.54) is 30.0 Å². The quantitative estimate of drug-likeness (QED) is 0.343. The molecule has 0 aliphatic heterocycles. The molecule has 4 N–H and O–H groups in total. The molecule has 158 valence electrons. The number of aryl methyl sites for hydroxylation is 1. The summed E-state index contributed by atoms with van der Waals surface area (Å²) in [6.45, 7) is 1.42. The maximum absolute atomic E-state index is 11.2. The standard InChI is InChI=1S/C20H18N6O3S2/c1-11(27)23-13-4-2-12(3-5-13)18-15(8-21)19(22)26-20(25-18)31-10-14-9-30-16(24-14)6-7-17(28)29/h2-5,9H,6-7,10H2,1H3,(H,23,27)(H,28,29)(H2,22,25,26). The van der Waals surface area contributed by atoms with Crippen LogP contribution in [0.2, 0.25) is 0 Å². The number of thioether (sulfide) groups is 1. The van der Waals surface area contributed by atoms with Gasteiger partial charge in [0.15, 0.2) is 5.16 Å². The van der Waals surface area contributed by atoms with Gasteiger partial charge in [0.1, 0.15) is 17.5 Å². The number of benzene rings is 1. The lowest BCUT2D eigenvalue weighted by molar-refractivity contribution is -0.137. The molecule has 9 nitrogen and oxygen atoms in total. The zero-order valence-corrected chi connectivity index (χ0v) is 18.1. The van der Waals surface area contributed by atoms with Gasteiger partial charge < -0.3 is 16.2 Å². The fourth-order valence-electron chi connectivity index (χ4n) is 2.64. The van der Waals surface area contributed by atoms with Crippen LogP contribution in [0.1, 0.15) is 29.6 Å². The average Bonchev–Trinajstić information content (AvgIpc) is 3.18. The number of nitrogens with two attached hydrogens (primary N) is 1. The Hall–Kier alpha value is -3.49. The molecule has 2 heterocycles. The molecule has 0 atom stereocenters. The lowest BCUT2D eigenvalue weighted by atomic mass is 10.1. The van der Waals surface area contributed by atoms with Crippen molar-refractivity contribution in [2.45, 2.75) is 30.7 Å². The zero-order valence-electron chi connectivity index (χ0n) is 16.5. The van der Waals surface area contributed by atoms with Crippen molar-refractivity contribution in [3.8, 4) is 17.3 Å². The first-order valence-corrected chi connectivity index (χ1v) is 11.0. The topological polar surface area (TPSA) is 155 Å². The van der Waals surface area contributed by atoms with E-state index in [-0.39, 0.29) is 23.7 Å². The number of carbonyl (C=O) groups is 2. The molecule has 3 aromatic rings. The zero-order chi connectivity index (χ0) is 22.4. The van der Waals surface area contributed by atoms with Crippen LogP contribution in [0, 0.1) is 11.3 Å². The molecule has 0 spiro atoms. The van der Waals surface area contributed by atoms with Crippen molar-refractivity contribution < 1.29 is 14.7 Å². The maximum Gasteiger partial charge on any atom is 0.303 e. The molecule has 0 saturated carbocycles. The number of nitriles is 1. The predicted octanol–water partition coefficient (Wildman–Crippen LogP) is 3.32. The van der Waals surface area contributed by atoms with Crippen LogP contribution in [0.5, 0.6) is 0 Å². The van der Waals surface area contributed by atoms with Gasteiger partial charge in [-0.1, -0.05) is 23.9 Å². The van der Waals surface area contributed by atoms with E-state index in [9.17, 15) is 14.9 Å². The molecule has 0 aliphatic carbocycles. The van der Waals surface area contributed by atoms with Crippen LogP contribution in [0.15, 0.2) is 34.8 Å². The minimum Gasteiger partial charge on any atom is -0.481 e. The first-order valence-electron chi connectivity index (χ1n) is 9.09. The van der Waals surface area contributed by atoms with Gasteiger partial charge in [0.2, 0.25) is 5.91 Å². The number of carboxylic acids is 1. The predicted molar refractivity (Wildman–Crippen MR) is 119 cm³/mol. The summed E-state index contributed by atoms with van der Waals surface area (Å²) in [5.41, 5.74) is 8.68. The summed E-state index contributed by atoms with van der Waals surface area (Å²) >= 11 is 2.74. The Balaban J connectivity index is 1.78. The summed E-state index contributed by atoms with van der Waals surface area (Å²) in [5, 5.41) is 24.0. The smallest absolute Gasteiger partial charge is 0.303 e. The van der Waals surface area contributed by atoms with E-state index in [1.54, 1.807) is 24.3 Å². The van der Waals surface area contributed by atoms with Crippen molar-refractivity contribution >= 4 is 46.5 Å². The number of aromatic nitrogens is 3. The number of anilines is 2. The van der Waals surface area contributed by atoms with Crippen LogP contribution >= 0.6 is 23.1 Å². The van der Waals surface area contributed by atoms with Crippen LogP contribution in [0.4, 0.5) is 11.5 Å². The first kappa shape index (κ1) is 22.2. The highest BCUT2D eigenvalue weighted by Gasteiger charge is 2.15. The molecule has 0 unspecified atom stereocenters. The lowest BCUT2D eigenvalue weighted by Gasteiger charge is -2.09. The third kappa shape index (κ3) is 6.00. The van der Waals surface area contributed by atoms with E-state index in [1.807, 2.05) is 11.4 Å². The summed E-state index contributed by atoms with van der Waals surface area (Å²) in [4.78, 5) is 35.0. The molecule has 0 radical (unpaired) electrons. The number of thiazole rings is 1. The summed E-state index contributed by atoms with van der Waals surface area (Å²) in [6.07, 6.45) is 0.434. The fourth-order valence-corrected chi connectivity index (χ4v) is 4.28. The van der Waals surface area contributed by atoms with Crippen molar-refractivity contribution in [1.29, 1.82) is 5.26 Å². The van der Waals surface area contributed by atoms with Crippen LogP contribution in [0.3, 0.4) is 0 Å². The molecule has 31 heavy (non-hydrogen) atoms. The SMILES string of the molecule is CC(=O)Nc1ccc(-c2nc(SCc3csc(CCC(=O)O)n3)nc(N)c2C#N)cc1. The number of nitrogen functional groups attached to an aromatic ring is 1. The number of amides is 1. The van der Waals surface area contributed by atoms with Gasteiger partial charge >= 0.3 is 5.97 Å². The first-order chi connectivity index (χ1) is 14.9. The molecule has 0 saturated heterocycles. The van der Waals surface area contributed by atoms with E-state index < -0.39 is 5.97 Å². The number of aliphatic carboxylic acids is 1. The van der Waals surface area contributed by atoms with E-state index in [2.05, 4.69) is 20.3 Å². The molecular formula is C20H18N6O3S2. The summed E-state index contributed by atoms with van der Waals surface area (Å²) in [5.74, 6) is -0.467. The minimum absolute atomic E-state index is 0.0411. The highest BCUT2D eigenvalue weighted by atomic mass is 32.2. The van der Waals surface area contributed by atoms with Crippen LogP contribution < -0.4 is 11.1 Å². The van der Waals surface area contributed by atoms with Gasteiger partial charge in [-0.2, -0.15) is 5.26 Å². The van der Waals surface area contributed by atoms with Gasteiger partial charge in [0.25, 0.3) is 0 Å². The molecule has 1 aromatic carbocycles. The molecule has 11 heteroatoms. The van der Waals surface area contributed by atoms with Gasteiger partial charge in [0.05, 0.1) is 22.8 Å². The molecule has 2 aromatic heterocycles. The molecular weight excluding hydrogens is 436 g/mol. The minimum atomic E-state index is -0.856. The second-order valence-electron chi connectivity index (χ2n) is 6.40. The Labute approximate surface area is 186 Å². The van der Waals surface area contributed by atoms with Gasteiger partial charge in [0, 0.05) is 35.7 Å². The number of nitrogens with zero attached hydrogens (tertiary/aromatic N) is 4. The van der Waals surface area contributed by atoms with Crippen molar-refractivity contribution in [3.05, 3.63) is 45.9 Å². The number of hydrogen-bond donors (Lipinski definition) is 3. The van der Waals surface area contributed by atoms with E-state index >= 15 is 0 Å². The molecule has 3 rings (SSSR count). The van der Waals surface area contributed by atoms with Crippen LogP contribution in [0.25, 0.3) is 11.3 Å². The van der Waals surface area contributed by atoms with Crippen molar-refractivity contribution in [2.24, 2.45) is 0 Å². The Morgan fingerprint density at radius 2 is 2.00 bits per heavy atom.